The molecule has 2 aliphatic carbocycles. The van der Waals surface area contributed by atoms with Crippen LogP contribution in [0.2, 0.25) is 0 Å². The predicted octanol–water partition coefficient (Wildman–Crippen LogP) is 2.98. The lowest BCUT2D eigenvalue weighted by Gasteiger charge is -2.26. The maximum Gasteiger partial charge on any atom is 0.0302 e. The van der Waals surface area contributed by atoms with Crippen molar-refractivity contribution in [3.63, 3.8) is 0 Å². The second-order valence-corrected chi connectivity index (χ2v) is 5.27. The first-order valence-corrected chi connectivity index (χ1v) is 6.11. The van der Waals surface area contributed by atoms with Gasteiger partial charge in [-0.15, -0.1) is 0 Å². The van der Waals surface area contributed by atoms with Crippen molar-refractivity contribution in [1.29, 1.82) is 0 Å². The Hall–Kier alpha value is -0.300. The minimum Gasteiger partial charge on any atom is -0.310 e. The Balaban J connectivity index is 1.86. The van der Waals surface area contributed by atoms with Crippen LogP contribution in [0.1, 0.15) is 39.5 Å². The van der Waals surface area contributed by atoms with Crippen LogP contribution in [0.4, 0.5) is 0 Å². The van der Waals surface area contributed by atoms with Crippen LogP contribution in [0, 0.1) is 17.8 Å². The van der Waals surface area contributed by atoms with E-state index in [0.717, 1.165) is 24.3 Å². The Bertz CT molecular complexity index is 211. The molecule has 0 spiro atoms. The van der Waals surface area contributed by atoms with E-state index in [9.17, 15) is 0 Å². The zero-order valence-electron chi connectivity index (χ0n) is 9.55. The van der Waals surface area contributed by atoms with E-state index >= 15 is 0 Å². The molecule has 3 atom stereocenters. The van der Waals surface area contributed by atoms with E-state index in [2.05, 4.69) is 25.7 Å². The van der Waals surface area contributed by atoms with E-state index in [0.29, 0.717) is 6.04 Å². The number of rotatable bonds is 5. The maximum atomic E-state index is 4.13. The first kappa shape index (κ1) is 10.2. The van der Waals surface area contributed by atoms with Crippen LogP contribution in [0.5, 0.6) is 0 Å². The lowest BCUT2D eigenvalue weighted by atomic mass is 9.90. The minimum absolute atomic E-state index is 0.600. The Morgan fingerprint density at radius 2 is 2.00 bits per heavy atom. The molecular formula is C13H23N. The quantitative estimate of drug-likeness (QED) is 0.662. The van der Waals surface area contributed by atoms with Crippen molar-refractivity contribution in [3.8, 4) is 0 Å². The van der Waals surface area contributed by atoms with Crippen molar-refractivity contribution < 1.29 is 0 Å². The average Bonchev–Trinajstić information content (AvgIpc) is 2.74. The zero-order chi connectivity index (χ0) is 10.1. The number of fused-ring (bicyclic) bond motifs is 1. The third-order valence-corrected chi connectivity index (χ3v) is 3.90. The molecule has 80 valence electrons. The van der Waals surface area contributed by atoms with E-state index in [4.69, 9.17) is 0 Å². The van der Waals surface area contributed by atoms with E-state index < -0.39 is 0 Å². The largest absolute Gasteiger partial charge is 0.310 e. The Labute approximate surface area is 88.0 Å². The van der Waals surface area contributed by atoms with Crippen LogP contribution < -0.4 is 5.32 Å². The molecule has 0 bridgehead atoms. The van der Waals surface area contributed by atoms with Gasteiger partial charge in [-0.3, -0.25) is 0 Å². The molecule has 0 aromatic rings. The summed E-state index contributed by atoms with van der Waals surface area (Å²) in [6.07, 6.45) is 5.66. The Morgan fingerprint density at radius 3 is 2.50 bits per heavy atom. The van der Waals surface area contributed by atoms with Crippen molar-refractivity contribution in [3.05, 3.63) is 12.2 Å². The predicted molar refractivity (Wildman–Crippen MR) is 61.2 cm³/mol. The summed E-state index contributed by atoms with van der Waals surface area (Å²) in [6, 6.07) is 0.600. The lowest BCUT2D eigenvalue weighted by Crippen LogP contribution is -2.37. The molecule has 2 fully saturated rings. The molecular weight excluding hydrogens is 170 g/mol. The van der Waals surface area contributed by atoms with Gasteiger partial charge in [0.05, 0.1) is 0 Å². The first-order valence-electron chi connectivity index (χ1n) is 6.11. The highest BCUT2D eigenvalue weighted by molar-refractivity contribution is 5.09. The summed E-state index contributed by atoms with van der Waals surface area (Å²) in [5.74, 6) is 3.07. The average molecular weight is 193 g/mol. The van der Waals surface area contributed by atoms with Gasteiger partial charge in [0.1, 0.15) is 0 Å². The highest BCUT2D eigenvalue weighted by atomic mass is 14.9. The Morgan fingerprint density at radius 1 is 1.36 bits per heavy atom. The highest BCUT2D eigenvalue weighted by Gasteiger charge is 2.47. The molecule has 0 aromatic heterocycles. The lowest BCUT2D eigenvalue weighted by molar-refractivity contribution is 0.370. The summed E-state index contributed by atoms with van der Waals surface area (Å²) in [6.45, 7) is 9.68. The van der Waals surface area contributed by atoms with Gasteiger partial charge in [0.2, 0.25) is 0 Å². The van der Waals surface area contributed by atoms with E-state index in [1.54, 1.807) is 0 Å². The van der Waals surface area contributed by atoms with Gasteiger partial charge >= 0.3 is 0 Å². The molecule has 0 aromatic carbocycles. The van der Waals surface area contributed by atoms with Crippen LogP contribution in [-0.4, -0.2) is 12.6 Å². The fourth-order valence-electron chi connectivity index (χ4n) is 3.08. The molecule has 0 aliphatic heterocycles. The number of hydrogen-bond acceptors (Lipinski definition) is 1. The second kappa shape index (κ2) is 4.06. The van der Waals surface area contributed by atoms with Crippen molar-refractivity contribution in [2.24, 2.45) is 17.8 Å². The van der Waals surface area contributed by atoms with Crippen molar-refractivity contribution in [2.45, 2.75) is 45.6 Å². The highest BCUT2D eigenvalue weighted by Crippen LogP contribution is 2.55. The summed E-state index contributed by atoms with van der Waals surface area (Å²) < 4.78 is 0. The fourth-order valence-corrected chi connectivity index (χ4v) is 3.08. The molecule has 1 nitrogen and oxygen atoms in total. The molecule has 0 radical (unpaired) electrons. The Kier molecular flexibility index (Phi) is 2.96. The minimum atomic E-state index is 0.600. The standard InChI is InChI=1S/C13H23N/c1-4-5-14-13(9(2)3)12-7-10-6-11(10)8-12/h10-14H,2,4-8H2,1,3H3. The summed E-state index contributed by atoms with van der Waals surface area (Å²) in [5.41, 5.74) is 1.34. The summed E-state index contributed by atoms with van der Waals surface area (Å²) in [7, 11) is 0. The monoisotopic (exact) mass is 193 g/mol. The third kappa shape index (κ3) is 2.03. The summed E-state index contributed by atoms with van der Waals surface area (Å²) >= 11 is 0. The molecule has 2 saturated carbocycles. The SMILES string of the molecule is C=C(C)C(NCCC)C1CC2CC2C1. The van der Waals surface area contributed by atoms with Gasteiger partial charge < -0.3 is 5.32 Å². The van der Waals surface area contributed by atoms with Crippen LogP contribution >= 0.6 is 0 Å². The zero-order valence-corrected chi connectivity index (χ0v) is 9.55. The molecule has 14 heavy (non-hydrogen) atoms. The molecule has 1 N–H and O–H groups in total. The summed E-state index contributed by atoms with van der Waals surface area (Å²) in [5, 5.41) is 3.65. The van der Waals surface area contributed by atoms with Crippen molar-refractivity contribution in [2.75, 3.05) is 6.54 Å². The molecule has 0 amide bonds. The first-order chi connectivity index (χ1) is 6.72. The van der Waals surface area contributed by atoms with Gasteiger partial charge in [-0.1, -0.05) is 19.1 Å². The maximum absolute atomic E-state index is 4.13. The van der Waals surface area contributed by atoms with Crippen molar-refractivity contribution in [1.82, 2.24) is 5.32 Å². The third-order valence-electron chi connectivity index (χ3n) is 3.90. The normalized spacial score (nSPS) is 36.6. The molecule has 0 saturated heterocycles. The van der Waals surface area contributed by atoms with Gasteiger partial charge in [-0.2, -0.15) is 0 Å². The van der Waals surface area contributed by atoms with Gasteiger partial charge in [0, 0.05) is 6.04 Å². The van der Waals surface area contributed by atoms with Crippen LogP contribution in [-0.2, 0) is 0 Å². The van der Waals surface area contributed by atoms with Gasteiger partial charge in [-0.25, -0.2) is 0 Å². The number of nitrogens with one attached hydrogen (secondary N) is 1. The van der Waals surface area contributed by atoms with E-state index in [-0.39, 0.29) is 0 Å². The molecule has 2 rings (SSSR count). The molecule has 0 heterocycles. The molecule has 3 unspecified atom stereocenters. The van der Waals surface area contributed by atoms with Gasteiger partial charge in [0.15, 0.2) is 0 Å². The van der Waals surface area contributed by atoms with Crippen molar-refractivity contribution >= 4 is 0 Å². The second-order valence-electron chi connectivity index (χ2n) is 5.27. The topological polar surface area (TPSA) is 12.0 Å². The van der Waals surface area contributed by atoms with E-state index in [1.807, 2.05) is 0 Å². The van der Waals surface area contributed by atoms with Crippen LogP contribution in [0.3, 0.4) is 0 Å². The fraction of sp³-hybridized carbons (Fsp3) is 0.846. The van der Waals surface area contributed by atoms with Gasteiger partial charge in [0.25, 0.3) is 0 Å². The molecule has 2 aliphatic rings. The van der Waals surface area contributed by atoms with Crippen LogP contribution in [0.25, 0.3) is 0 Å². The van der Waals surface area contributed by atoms with Gasteiger partial charge in [-0.05, 0) is 56.9 Å². The number of hydrogen-bond donors (Lipinski definition) is 1. The summed E-state index contributed by atoms with van der Waals surface area (Å²) in [4.78, 5) is 0. The van der Waals surface area contributed by atoms with E-state index in [1.165, 1.54) is 31.3 Å². The van der Waals surface area contributed by atoms with Crippen LogP contribution in [0.15, 0.2) is 12.2 Å². The smallest absolute Gasteiger partial charge is 0.0302 e. The molecule has 1 heteroatoms.